The average Bonchev–Trinajstić information content (AvgIpc) is 2.27. The Morgan fingerprint density at radius 3 is 2.56 bits per heavy atom. The molecular weight excluding hydrogens is 200 g/mol. The molecule has 0 aromatic heterocycles. The number of rotatable bonds is 1. The average molecular weight is 224 g/mol. The van der Waals surface area contributed by atoms with Crippen LogP contribution in [0.5, 0.6) is 0 Å². The summed E-state index contributed by atoms with van der Waals surface area (Å²) in [6.45, 7) is 0.970. The Balaban J connectivity index is 1.61. The van der Waals surface area contributed by atoms with Crippen molar-refractivity contribution in [3.8, 4) is 0 Å². The van der Waals surface area contributed by atoms with Crippen LogP contribution in [0.4, 0.5) is 0 Å². The van der Waals surface area contributed by atoms with E-state index in [1.54, 1.807) is 0 Å². The summed E-state index contributed by atoms with van der Waals surface area (Å²) in [5.74, 6) is 1.62. The topological polar surface area (TPSA) is 29.5 Å². The lowest BCUT2D eigenvalue weighted by atomic mass is 9.66. The van der Waals surface area contributed by atoms with Gasteiger partial charge in [-0.25, -0.2) is 0 Å². The summed E-state index contributed by atoms with van der Waals surface area (Å²) in [6.07, 6.45) is 11.1. The van der Waals surface area contributed by atoms with Gasteiger partial charge < -0.3 is 9.84 Å². The third kappa shape index (κ3) is 2.02. The fourth-order valence-electron chi connectivity index (χ4n) is 4.02. The van der Waals surface area contributed by atoms with Crippen molar-refractivity contribution in [3.63, 3.8) is 0 Å². The van der Waals surface area contributed by atoms with E-state index in [1.807, 2.05) is 0 Å². The minimum atomic E-state index is -0.0149. The maximum Gasteiger partial charge on any atom is 0.0685 e. The van der Waals surface area contributed by atoms with Crippen molar-refractivity contribution in [2.45, 2.75) is 69.5 Å². The molecule has 2 nitrogen and oxygen atoms in total. The summed E-state index contributed by atoms with van der Waals surface area (Å²) in [5, 5.41) is 9.78. The molecule has 16 heavy (non-hydrogen) atoms. The van der Waals surface area contributed by atoms with E-state index in [0.29, 0.717) is 0 Å². The SMILES string of the molecule is OC1CCCC(C2CCOC3(CCC3)C2)C1. The lowest BCUT2D eigenvalue weighted by molar-refractivity contribution is -0.153. The Hall–Kier alpha value is -0.0800. The first-order valence-electron chi connectivity index (χ1n) is 7.09. The molecule has 0 amide bonds. The summed E-state index contributed by atoms with van der Waals surface area (Å²) >= 11 is 0. The second-order valence-corrected chi connectivity index (χ2v) is 6.22. The molecule has 3 rings (SSSR count). The summed E-state index contributed by atoms with van der Waals surface area (Å²) in [5.41, 5.74) is 0.283. The van der Waals surface area contributed by atoms with Gasteiger partial charge in [-0.05, 0) is 63.2 Å². The van der Waals surface area contributed by atoms with E-state index in [2.05, 4.69) is 0 Å². The molecule has 3 unspecified atom stereocenters. The maximum absolute atomic E-state index is 9.78. The van der Waals surface area contributed by atoms with E-state index in [-0.39, 0.29) is 11.7 Å². The predicted molar refractivity (Wildman–Crippen MR) is 63.2 cm³/mol. The van der Waals surface area contributed by atoms with E-state index >= 15 is 0 Å². The molecule has 0 bridgehead atoms. The summed E-state index contributed by atoms with van der Waals surface area (Å²) in [6, 6.07) is 0. The highest BCUT2D eigenvalue weighted by molar-refractivity contribution is 4.96. The smallest absolute Gasteiger partial charge is 0.0685 e. The van der Waals surface area contributed by atoms with Crippen LogP contribution < -0.4 is 0 Å². The van der Waals surface area contributed by atoms with Gasteiger partial charge in [0.25, 0.3) is 0 Å². The van der Waals surface area contributed by atoms with E-state index < -0.39 is 0 Å². The van der Waals surface area contributed by atoms with Crippen LogP contribution in [-0.2, 0) is 4.74 Å². The fourth-order valence-corrected chi connectivity index (χ4v) is 4.02. The van der Waals surface area contributed by atoms with Crippen LogP contribution in [0.15, 0.2) is 0 Å². The number of hydrogen-bond acceptors (Lipinski definition) is 2. The summed E-state index contributed by atoms with van der Waals surface area (Å²) < 4.78 is 5.99. The zero-order valence-corrected chi connectivity index (χ0v) is 10.2. The van der Waals surface area contributed by atoms with Gasteiger partial charge in [0.05, 0.1) is 11.7 Å². The summed E-state index contributed by atoms with van der Waals surface area (Å²) in [4.78, 5) is 0. The van der Waals surface area contributed by atoms with Crippen LogP contribution in [0.25, 0.3) is 0 Å². The first-order chi connectivity index (χ1) is 7.77. The Kier molecular flexibility index (Phi) is 2.97. The maximum atomic E-state index is 9.78. The Labute approximate surface area is 98.4 Å². The Bertz CT molecular complexity index is 247. The highest BCUT2D eigenvalue weighted by Gasteiger charge is 2.44. The molecule has 1 heterocycles. The number of hydrogen-bond donors (Lipinski definition) is 1. The van der Waals surface area contributed by atoms with E-state index in [1.165, 1.54) is 44.9 Å². The quantitative estimate of drug-likeness (QED) is 0.742. The molecule has 2 aliphatic carbocycles. The Morgan fingerprint density at radius 2 is 1.88 bits per heavy atom. The highest BCUT2D eigenvalue weighted by atomic mass is 16.5. The van der Waals surface area contributed by atoms with Gasteiger partial charge in [-0.15, -0.1) is 0 Å². The van der Waals surface area contributed by atoms with Crippen molar-refractivity contribution < 1.29 is 9.84 Å². The van der Waals surface area contributed by atoms with Gasteiger partial charge in [-0.3, -0.25) is 0 Å². The fraction of sp³-hybridized carbons (Fsp3) is 1.00. The third-order valence-corrected chi connectivity index (χ3v) is 5.15. The number of aliphatic hydroxyl groups excluding tert-OH is 1. The molecule has 2 saturated carbocycles. The Morgan fingerprint density at radius 1 is 1.00 bits per heavy atom. The number of aliphatic hydroxyl groups is 1. The van der Waals surface area contributed by atoms with E-state index in [4.69, 9.17) is 4.74 Å². The molecule has 0 radical (unpaired) electrons. The standard InChI is InChI=1S/C14H24O2/c15-13-4-1-3-11(9-13)12-5-8-16-14(10-12)6-2-7-14/h11-13,15H,1-10H2. The summed E-state index contributed by atoms with van der Waals surface area (Å²) in [7, 11) is 0. The molecule has 92 valence electrons. The normalized spacial score (nSPS) is 42.9. The third-order valence-electron chi connectivity index (χ3n) is 5.15. The van der Waals surface area contributed by atoms with Crippen molar-refractivity contribution in [2.75, 3.05) is 6.61 Å². The molecule has 3 aliphatic rings. The van der Waals surface area contributed by atoms with Crippen molar-refractivity contribution >= 4 is 0 Å². The number of ether oxygens (including phenoxy) is 1. The lowest BCUT2D eigenvalue weighted by Crippen LogP contribution is -2.47. The van der Waals surface area contributed by atoms with Crippen LogP contribution in [0.3, 0.4) is 0 Å². The minimum absolute atomic E-state index is 0.0149. The van der Waals surface area contributed by atoms with Crippen LogP contribution in [-0.4, -0.2) is 23.4 Å². The molecule has 1 saturated heterocycles. The van der Waals surface area contributed by atoms with Gasteiger partial charge in [0.1, 0.15) is 0 Å². The molecule has 1 N–H and O–H groups in total. The molecule has 3 atom stereocenters. The van der Waals surface area contributed by atoms with Gasteiger partial charge in [-0.2, -0.15) is 0 Å². The largest absolute Gasteiger partial charge is 0.393 e. The van der Waals surface area contributed by atoms with Crippen LogP contribution >= 0.6 is 0 Å². The second kappa shape index (κ2) is 4.30. The molecule has 1 aliphatic heterocycles. The zero-order valence-electron chi connectivity index (χ0n) is 10.2. The highest BCUT2D eigenvalue weighted by Crippen LogP contribution is 2.48. The van der Waals surface area contributed by atoms with Crippen molar-refractivity contribution in [1.82, 2.24) is 0 Å². The van der Waals surface area contributed by atoms with Gasteiger partial charge in [-0.1, -0.05) is 6.42 Å². The van der Waals surface area contributed by atoms with Crippen LogP contribution in [0, 0.1) is 11.8 Å². The van der Waals surface area contributed by atoms with Gasteiger partial charge in [0.15, 0.2) is 0 Å². The molecule has 3 fully saturated rings. The molecule has 0 aromatic carbocycles. The first kappa shape index (κ1) is 11.0. The molecular formula is C14H24O2. The van der Waals surface area contributed by atoms with Crippen molar-refractivity contribution in [2.24, 2.45) is 11.8 Å². The minimum Gasteiger partial charge on any atom is -0.393 e. The van der Waals surface area contributed by atoms with Gasteiger partial charge in [0.2, 0.25) is 0 Å². The van der Waals surface area contributed by atoms with Crippen molar-refractivity contribution in [1.29, 1.82) is 0 Å². The predicted octanol–water partition coefficient (Wildman–Crippen LogP) is 2.89. The van der Waals surface area contributed by atoms with Crippen LogP contribution in [0.2, 0.25) is 0 Å². The monoisotopic (exact) mass is 224 g/mol. The van der Waals surface area contributed by atoms with Crippen LogP contribution in [0.1, 0.15) is 57.8 Å². The molecule has 0 aromatic rings. The zero-order chi connectivity index (χ0) is 11.0. The lowest BCUT2D eigenvalue weighted by Gasteiger charge is -2.49. The molecule has 1 spiro atoms. The van der Waals surface area contributed by atoms with Crippen molar-refractivity contribution in [3.05, 3.63) is 0 Å². The second-order valence-electron chi connectivity index (χ2n) is 6.22. The first-order valence-corrected chi connectivity index (χ1v) is 7.09. The van der Waals surface area contributed by atoms with Gasteiger partial charge >= 0.3 is 0 Å². The van der Waals surface area contributed by atoms with E-state index in [9.17, 15) is 5.11 Å². The van der Waals surface area contributed by atoms with Gasteiger partial charge in [0, 0.05) is 6.61 Å². The van der Waals surface area contributed by atoms with E-state index in [0.717, 1.165) is 31.3 Å². The molecule has 2 heteroatoms.